The number of aromatic amines is 1. The van der Waals surface area contributed by atoms with Crippen molar-refractivity contribution in [2.24, 2.45) is 23.5 Å². The molecule has 0 amide bonds. The Morgan fingerprint density at radius 2 is 1.45 bits per heavy atom. The number of carbonyl (C=O) groups is 2. The van der Waals surface area contributed by atoms with Crippen LogP contribution in [0.1, 0.15) is 57.7 Å². The summed E-state index contributed by atoms with van der Waals surface area (Å²) in [5.74, 6) is 0.441. The van der Waals surface area contributed by atoms with E-state index < -0.39 is 24.1 Å². The van der Waals surface area contributed by atoms with Crippen LogP contribution in [0.15, 0.2) is 91.0 Å². The molecule has 3 heterocycles. The number of nitrogens with two attached hydrogens (primary N) is 1. The van der Waals surface area contributed by atoms with Gasteiger partial charge in [0.2, 0.25) is 5.75 Å². The Labute approximate surface area is 339 Å². The van der Waals surface area contributed by atoms with Crippen LogP contribution in [0, 0.1) is 17.8 Å². The second kappa shape index (κ2) is 17.9. The van der Waals surface area contributed by atoms with Crippen LogP contribution >= 0.6 is 0 Å². The molecular weight excluding hydrogens is 739 g/mol. The molecule has 1 saturated carbocycles. The van der Waals surface area contributed by atoms with E-state index in [-0.39, 0.29) is 35.5 Å². The number of benzene rings is 4. The summed E-state index contributed by atoms with van der Waals surface area (Å²) in [7, 11) is 9.10. The van der Waals surface area contributed by atoms with Crippen LogP contribution in [0.5, 0.6) is 23.0 Å². The van der Waals surface area contributed by atoms with Crippen LogP contribution in [-0.4, -0.2) is 89.8 Å². The number of ether oxygens (including phenoxy) is 7. The maximum Gasteiger partial charge on any atom is 0.338 e. The van der Waals surface area contributed by atoms with E-state index in [1.54, 1.807) is 26.4 Å². The number of piperidine rings is 1. The predicted octanol–water partition coefficient (Wildman–Crippen LogP) is 6.91. The molecule has 12 nitrogen and oxygen atoms in total. The number of hydrogen-bond donors (Lipinski definition) is 2. The fourth-order valence-corrected chi connectivity index (χ4v) is 9.28. The maximum atomic E-state index is 13.5. The van der Waals surface area contributed by atoms with Crippen LogP contribution in [0.2, 0.25) is 0 Å². The molecule has 12 heteroatoms. The second-order valence-electron chi connectivity index (χ2n) is 15.0. The van der Waals surface area contributed by atoms with E-state index in [1.165, 1.54) is 45.1 Å². The molecule has 1 aliphatic carbocycles. The first-order chi connectivity index (χ1) is 28.2. The van der Waals surface area contributed by atoms with Crippen molar-refractivity contribution in [3.8, 4) is 23.0 Å². The van der Waals surface area contributed by atoms with E-state index in [0.29, 0.717) is 23.7 Å². The van der Waals surface area contributed by atoms with E-state index in [9.17, 15) is 9.59 Å². The fraction of sp³-hybridized carbons (Fsp3) is 0.391. The topological polar surface area (TPSA) is 144 Å². The molecule has 0 radical (unpaired) electrons. The molecule has 0 unspecified atom stereocenters. The fourth-order valence-electron chi connectivity index (χ4n) is 9.28. The Kier molecular flexibility index (Phi) is 12.6. The van der Waals surface area contributed by atoms with Crippen molar-refractivity contribution in [2.45, 2.75) is 43.6 Å². The lowest BCUT2D eigenvalue weighted by Crippen LogP contribution is -2.58. The van der Waals surface area contributed by atoms with Crippen molar-refractivity contribution in [1.29, 1.82) is 0 Å². The van der Waals surface area contributed by atoms with Gasteiger partial charge in [-0.1, -0.05) is 60.7 Å². The largest absolute Gasteiger partial charge is 0.497 e. The highest BCUT2D eigenvalue weighted by Crippen LogP contribution is 2.51. The molecule has 0 bridgehead atoms. The maximum absolute atomic E-state index is 13.5. The second-order valence-corrected chi connectivity index (χ2v) is 15.0. The Bertz CT molecular complexity index is 2130. The van der Waals surface area contributed by atoms with Gasteiger partial charge in [0.15, 0.2) is 11.5 Å². The highest BCUT2D eigenvalue weighted by Gasteiger charge is 2.54. The van der Waals surface area contributed by atoms with Gasteiger partial charge in [-0.25, -0.2) is 4.79 Å². The standard InChI is InChI=1S/C33H40N2O9.C13H13N/c1-38-19-7-8-20-21-9-10-35-16-18-13-27(44-32(36)17-11-25(39-2)30(41-4)26(12-17)40-3)31(42-5)28(33(37)43-6)22(18)15-24(35)29(21)34-23(20)14-19;14-13(11-7-3-1-4-8-11)12-9-5-2-6-10-12/h7-8,11-12,14,18,22,24,27-28,31,34H,9-10,13,15-16H2,1-6H3;1-10,13H,14H2/t18-,22+,24-,27-,28+,31+;/m1./s1. The summed E-state index contributed by atoms with van der Waals surface area (Å²) in [5.41, 5.74) is 12.2. The van der Waals surface area contributed by atoms with Gasteiger partial charge in [0.05, 0.1) is 59.1 Å². The van der Waals surface area contributed by atoms with E-state index in [2.05, 4.69) is 40.2 Å². The van der Waals surface area contributed by atoms with Gasteiger partial charge in [-0.15, -0.1) is 0 Å². The van der Waals surface area contributed by atoms with Gasteiger partial charge >= 0.3 is 11.9 Å². The number of carbonyl (C=O) groups excluding carboxylic acids is 2. The Hall–Kier alpha value is -5.56. The molecule has 58 heavy (non-hydrogen) atoms. The summed E-state index contributed by atoms with van der Waals surface area (Å²) in [5, 5.41) is 1.21. The number of H-pyrrole nitrogens is 1. The SMILES string of the molecule is COC(=O)[C@H]1[C@H]2C[C@@H]3c4[nH]c5cc(OC)ccc5c4CCN3C[C@H]2C[C@@H](OC(=O)c2cc(OC)c(OC)c(OC)c2)[C@@H]1OC.NC(c1ccccc1)c1ccccc1. The van der Waals surface area contributed by atoms with Gasteiger partial charge in [0, 0.05) is 42.9 Å². The monoisotopic (exact) mass is 791 g/mol. The summed E-state index contributed by atoms with van der Waals surface area (Å²) in [6, 6.07) is 29.6. The number of hydrogen-bond acceptors (Lipinski definition) is 11. The van der Waals surface area contributed by atoms with Gasteiger partial charge in [0.25, 0.3) is 0 Å². The van der Waals surface area contributed by atoms with Gasteiger partial charge in [-0.2, -0.15) is 0 Å². The average Bonchev–Trinajstić information content (AvgIpc) is 3.66. The Morgan fingerprint density at radius 3 is 2.02 bits per heavy atom. The van der Waals surface area contributed by atoms with E-state index >= 15 is 0 Å². The van der Waals surface area contributed by atoms with Crippen molar-refractivity contribution in [2.75, 3.05) is 55.7 Å². The molecular formula is C46H53N3O9. The van der Waals surface area contributed by atoms with Crippen molar-refractivity contribution >= 4 is 22.8 Å². The first-order valence-corrected chi connectivity index (χ1v) is 19.6. The molecule has 3 N–H and O–H groups in total. The molecule has 8 rings (SSSR count). The normalized spacial score (nSPS) is 22.3. The lowest BCUT2D eigenvalue weighted by Gasteiger charge is -2.52. The van der Waals surface area contributed by atoms with Crippen LogP contribution in [0.3, 0.4) is 0 Å². The first-order valence-electron chi connectivity index (χ1n) is 19.6. The molecule has 3 aliphatic rings. The summed E-state index contributed by atoms with van der Waals surface area (Å²) < 4.78 is 39.1. The smallest absolute Gasteiger partial charge is 0.338 e. The van der Waals surface area contributed by atoms with Gasteiger partial charge in [-0.3, -0.25) is 9.69 Å². The van der Waals surface area contributed by atoms with Crippen LogP contribution in [0.4, 0.5) is 0 Å². The number of esters is 2. The quantitative estimate of drug-likeness (QED) is 0.143. The minimum absolute atomic E-state index is 0.0163. The number of nitrogens with one attached hydrogen (secondary N) is 1. The third kappa shape index (κ3) is 7.96. The molecule has 6 atom stereocenters. The summed E-state index contributed by atoms with van der Waals surface area (Å²) >= 11 is 0. The van der Waals surface area contributed by atoms with Crippen molar-refractivity contribution in [3.63, 3.8) is 0 Å². The zero-order valence-electron chi connectivity index (χ0n) is 33.9. The molecule has 1 saturated heterocycles. The lowest BCUT2D eigenvalue weighted by atomic mass is 9.63. The Balaban J connectivity index is 0.000000307. The third-order valence-electron chi connectivity index (χ3n) is 12.1. The average molecular weight is 792 g/mol. The molecule has 1 aromatic heterocycles. The molecule has 2 fully saturated rings. The van der Waals surface area contributed by atoms with E-state index in [1.807, 2.05) is 48.5 Å². The molecule has 0 spiro atoms. The highest BCUT2D eigenvalue weighted by molar-refractivity contribution is 5.91. The van der Waals surface area contributed by atoms with Gasteiger partial charge in [-0.05, 0) is 72.1 Å². The predicted molar refractivity (Wildman–Crippen MR) is 220 cm³/mol. The van der Waals surface area contributed by atoms with Crippen molar-refractivity contribution in [1.82, 2.24) is 9.88 Å². The lowest BCUT2D eigenvalue weighted by molar-refractivity contribution is -0.176. The Morgan fingerprint density at radius 1 is 0.793 bits per heavy atom. The zero-order chi connectivity index (χ0) is 40.9. The summed E-state index contributed by atoms with van der Waals surface area (Å²) in [4.78, 5) is 33.1. The van der Waals surface area contributed by atoms with Gasteiger partial charge < -0.3 is 43.9 Å². The number of methoxy groups -OCH3 is 6. The minimum Gasteiger partial charge on any atom is -0.497 e. The molecule has 2 aliphatic heterocycles. The number of aromatic nitrogens is 1. The van der Waals surface area contributed by atoms with Crippen molar-refractivity contribution in [3.05, 3.63) is 119 Å². The number of rotatable bonds is 10. The summed E-state index contributed by atoms with van der Waals surface area (Å²) in [6.45, 7) is 1.68. The van der Waals surface area contributed by atoms with Crippen LogP contribution in [-0.2, 0) is 25.4 Å². The van der Waals surface area contributed by atoms with Crippen LogP contribution in [0.25, 0.3) is 10.9 Å². The molecule has 306 valence electrons. The molecule has 4 aromatic carbocycles. The van der Waals surface area contributed by atoms with E-state index in [0.717, 1.165) is 48.3 Å². The highest BCUT2D eigenvalue weighted by atomic mass is 16.6. The first kappa shape index (κ1) is 40.6. The minimum atomic E-state index is -0.670. The summed E-state index contributed by atoms with van der Waals surface area (Å²) in [6.07, 6.45) is 0.920. The number of fused-ring (bicyclic) bond motifs is 6. The van der Waals surface area contributed by atoms with Crippen LogP contribution < -0.4 is 24.7 Å². The van der Waals surface area contributed by atoms with E-state index in [4.69, 9.17) is 38.9 Å². The molecule has 5 aromatic rings. The zero-order valence-corrected chi connectivity index (χ0v) is 33.9. The third-order valence-corrected chi connectivity index (χ3v) is 12.1. The van der Waals surface area contributed by atoms with Gasteiger partial charge in [0.1, 0.15) is 18.0 Å². The number of nitrogens with zero attached hydrogens (tertiary/aromatic N) is 1. The van der Waals surface area contributed by atoms with Crippen molar-refractivity contribution < 1.29 is 42.7 Å².